The summed E-state index contributed by atoms with van der Waals surface area (Å²) in [7, 11) is 0. The summed E-state index contributed by atoms with van der Waals surface area (Å²) >= 11 is 5.80. The molecule has 0 aliphatic rings. The van der Waals surface area contributed by atoms with Gasteiger partial charge in [-0.05, 0) is 49.4 Å². The molecule has 1 heterocycles. The zero-order valence-electron chi connectivity index (χ0n) is 16.0. The normalized spacial score (nSPS) is 10.5. The number of hydrogen-bond acceptors (Lipinski definition) is 7. The SMILES string of the molecule is CCOc1ccc(-c2noc(CCC(=O)NNC(=O)c3cc(Cl)ccc3O)n2)cc1. The Morgan fingerprint density at radius 1 is 1.17 bits per heavy atom. The number of benzene rings is 2. The third kappa shape index (κ3) is 5.48. The molecule has 3 aromatic rings. The zero-order valence-corrected chi connectivity index (χ0v) is 16.8. The minimum Gasteiger partial charge on any atom is -0.507 e. The second-order valence-corrected chi connectivity index (χ2v) is 6.57. The molecule has 0 saturated carbocycles. The van der Waals surface area contributed by atoms with Gasteiger partial charge in [-0.15, -0.1) is 0 Å². The molecule has 0 spiro atoms. The number of carbonyl (C=O) groups is 2. The van der Waals surface area contributed by atoms with Crippen LogP contribution in [0.5, 0.6) is 11.5 Å². The summed E-state index contributed by atoms with van der Waals surface area (Å²) in [6, 6.07) is 11.3. The first-order chi connectivity index (χ1) is 14.5. The number of ether oxygens (including phenoxy) is 1. The van der Waals surface area contributed by atoms with Crippen molar-refractivity contribution in [2.75, 3.05) is 6.61 Å². The van der Waals surface area contributed by atoms with Crippen molar-refractivity contribution in [2.45, 2.75) is 19.8 Å². The van der Waals surface area contributed by atoms with E-state index < -0.39 is 11.8 Å². The summed E-state index contributed by atoms with van der Waals surface area (Å²) in [6.07, 6.45) is 0.195. The number of aromatic hydroxyl groups is 1. The number of rotatable bonds is 7. The van der Waals surface area contributed by atoms with Gasteiger partial charge >= 0.3 is 0 Å². The monoisotopic (exact) mass is 430 g/mol. The molecular weight excluding hydrogens is 412 g/mol. The van der Waals surface area contributed by atoms with Gasteiger partial charge in [0.15, 0.2) is 0 Å². The fraction of sp³-hybridized carbons (Fsp3) is 0.200. The van der Waals surface area contributed by atoms with E-state index in [1.165, 1.54) is 18.2 Å². The van der Waals surface area contributed by atoms with Crippen LogP contribution in [-0.4, -0.2) is 33.7 Å². The van der Waals surface area contributed by atoms with Crippen LogP contribution in [0.4, 0.5) is 0 Å². The highest BCUT2D eigenvalue weighted by Crippen LogP contribution is 2.21. The average Bonchev–Trinajstić information content (AvgIpc) is 3.22. The number of hydrazine groups is 1. The second kappa shape index (κ2) is 9.75. The van der Waals surface area contributed by atoms with Gasteiger partial charge in [-0.3, -0.25) is 20.4 Å². The first-order valence-corrected chi connectivity index (χ1v) is 9.47. The van der Waals surface area contributed by atoms with Gasteiger partial charge in [0.1, 0.15) is 11.5 Å². The molecule has 0 fully saturated rings. The van der Waals surface area contributed by atoms with Gasteiger partial charge < -0.3 is 14.4 Å². The molecule has 3 rings (SSSR count). The van der Waals surface area contributed by atoms with Crippen LogP contribution in [0.25, 0.3) is 11.4 Å². The van der Waals surface area contributed by atoms with Crippen molar-refractivity contribution in [1.82, 2.24) is 21.0 Å². The van der Waals surface area contributed by atoms with E-state index in [1.54, 1.807) is 0 Å². The van der Waals surface area contributed by atoms with Crippen LogP contribution in [0, 0.1) is 0 Å². The molecule has 0 bridgehead atoms. The maximum absolute atomic E-state index is 12.0. The van der Waals surface area contributed by atoms with Crippen LogP contribution in [0.1, 0.15) is 29.6 Å². The van der Waals surface area contributed by atoms with E-state index >= 15 is 0 Å². The van der Waals surface area contributed by atoms with Gasteiger partial charge in [0.2, 0.25) is 17.6 Å². The highest BCUT2D eigenvalue weighted by Gasteiger charge is 2.14. The lowest BCUT2D eigenvalue weighted by molar-refractivity contribution is -0.121. The van der Waals surface area contributed by atoms with Gasteiger partial charge in [0.05, 0.1) is 12.2 Å². The summed E-state index contributed by atoms with van der Waals surface area (Å²) in [4.78, 5) is 28.2. The van der Waals surface area contributed by atoms with Crippen LogP contribution in [0.2, 0.25) is 5.02 Å². The Bertz CT molecular complexity index is 1040. The average molecular weight is 431 g/mol. The van der Waals surface area contributed by atoms with Crippen molar-refractivity contribution in [3.63, 3.8) is 0 Å². The summed E-state index contributed by atoms with van der Waals surface area (Å²) in [5.41, 5.74) is 5.17. The number of hydrogen-bond donors (Lipinski definition) is 3. The Hall–Kier alpha value is -3.59. The molecule has 1 aromatic heterocycles. The second-order valence-electron chi connectivity index (χ2n) is 6.13. The van der Waals surface area contributed by atoms with E-state index in [2.05, 4.69) is 21.0 Å². The molecular formula is C20H19ClN4O5. The third-order valence-corrected chi connectivity index (χ3v) is 4.21. The van der Waals surface area contributed by atoms with Crippen LogP contribution in [-0.2, 0) is 11.2 Å². The molecule has 156 valence electrons. The number of aromatic nitrogens is 2. The summed E-state index contributed by atoms with van der Waals surface area (Å²) < 4.78 is 10.6. The molecule has 30 heavy (non-hydrogen) atoms. The number of phenolic OH excluding ortho intramolecular Hbond substituents is 1. The van der Waals surface area contributed by atoms with Crippen LogP contribution in [0.15, 0.2) is 47.0 Å². The molecule has 0 aliphatic heterocycles. The molecule has 2 amide bonds. The van der Waals surface area contributed by atoms with Gasteiger partial charge in [0.25, 0.3) is 5.91 Å². The minimum atomic E-state index is -0.695. The summed E-state index contributed by atoms with van der Waals surface area (Å²) in [5, 5.41) is 13.9. The molecule has 10 heteroatoms. The van der Waals surface area contributed by atoms with Gasteiger partial charge in [0, 0.05) is 23.4 Å². The van der Waals surface area contributed by atoms with Crippen molar-refractivity contribution in [3.8, 4) is 22.9 Å². The quantitative estimate of drug-likeness (QED) is 0.492. The fourth-order valence-corrected chi connectivity index (χ4v) is 2.68. The standard InChI is InChI=1S/C20H19ClN4O5/c1-2-29-14-6-3-12(4-7-14)19-22-18(30-25-19)10-9-17(27)23-24-20(28)15-11-13(21)5-8-16(15)26/h3-8,11,26H,2,9-10H2,1H3,(H,23,27)(H,24,28). The molecule has 2 aromatic carbocycles. The highest BCUT2D eigenvalue weighted by molar-refractivity contribution is 6.31. The van der Waals surface area contributed by atoms with E-state index in [0.29, 0.717) is 12.4 Å². The molecule has 0 unspecified atom stereocenters. The Morgan fingerprint density at radius 3 is 2.67 bits per heavy atom. The smallest absolute Gasteiger partial charge is 0.273 e. The largest absolute Gasteiger partial charge is 0.507 e. The number of aryl methyl sites for hydroxylation is 1. The number of nitrogens with one attached hydrogen (secondary N) is 2. The lowest BCUT2D eigenvalue weighted by atomic mass is 10.2. The number of nitrogens with zero attached hydrogens (tertiary/aromatic N) is 2. The van der Waals surface area contributed by atoms with Crippen molar-refractivity contribution in [1.29, 1.82) is 0 Å². The van der Waals surface area contributed by atoms with Gasteiger partial charge in [-0.25, -0.2) is 0 Å². The summed E-state index contributed by atoms with van der Waals surface area (Å²) in [5.74, 6) is 0.0178. The van der Waals surface area contributed by atoms with Crippen molar-refractivity contribution in [2.24, 2.45) is 0 Å². The van der Waals surface area contributed by atoms with Gasteiger partial charge in [-0.2, -0.15) is 4.98 Å². The van der Waals surface area contributed by atoms with E-state index in [9.17, 15) is 14.7 Å². The van der Waals surface area contributed by atoms with Crippen LogP contribution >= 0.6 is 11.6 Å². The van der Waals surface area contributed by atoms with E-state index in [-0.39, 0.29) is 35.1 Å². The van der Waals surface area contributed by atoms with Crippen LogP contribution < -0.4 is 15.6 Å². The molecule has 0 aliphatic carbocycles. The molecule has 0 atom stereocenters. The Balaban J connectivity index is 1.49. The van der Waals surface area contributed by atoms with Crippen LogP contribution in [0.3, 0.4) is 0 Å². The minimum absolute atomic E-state index is 0.00667. The summed E-state index contributed by atoms with van der Waals surface area (Å²) in [6.45, 7) is 2.48. The Kier molecular flexibility index (Phi) is 6.87. The maximum atomic E-state index is 12.0. The molecule has 3 N–H and O–H groups in total. The maximum Gasteiger partial charge on any atom is 0.273 e. The molecule has 9 nitrogen and oxygen atoms in total. The van der Waals surface area contributed by atoms with Crippen molar-refractivity contribution < 1.29 is 24.0 Å². The van der Waals surface area contributed by atoms with E-state index in [0.717, 1.165) is 11.3 Å². The van der Waals surface area contributed by atoms with Crippen molar-refractivity contribution in [3.05, 3.63) is 58.9 Å². The third-order valence-electron chi connectivity index (χ3n) is 3.98. The number of phenols is 1. The lowest BCUT2D eigenvalue weighted by Gasteiger charge is -2.08. The molecule has 0 saturated heterocycles. The Morgan fingerprint density at radius 2 is 1.93 bits per heavy atom. The van der Waals surface area contributed by atoms with Crippen molar-refractivity contribution >= 4 is 23.4 Å². The first-order valence-electron chi connectivity index (χ1n) is 9.09. The number of amides is 2. The number of carbonyl (C=O) groups excluding carboxylic acids is 2. The predicted octanol–water partition coefficient (Wildman–Crippen LogP) is 2.89. The Labute approximate surface area is 177 Å². The topological polar surface area (TPSA) is 127 Å². The van der Waals surface area contributed by atoms with E-state index in [1.807, 2.05) is 31.2 Å². The highest BCUT2D eigenvalue weighted by atomic mass is 35.5. The number of halogens is 1. The van der Waals surface area contributed by atoms with Gasteiger partial charge in [-0.1, -0.05) is 16.8 Å². The fourth-order valence-electron chi connectivity index (χ4n) is 2.51. The zero-order chi connectivity index (χ0) is 21.5. The predicted molar refractivity (Wildman–Crippen MR) is 108 cm³/mol. The first kappa shape index (κ1) is 21.1. The molecule has 0 radical (unpaired) electrons. The van der Waals surface area contributed by atoms with E-state index in [4.69, 9.17) is 20.9 Å². The lowest BCUT2D eigenvalue weighted by Crippen LogP contribution is -2.41.